The van der Waals surface area contributed by atoms with Crippen LogP contribution in [-0.4, -0.2) is 69.8 Å². The third-order valence-electron chi connectivity index (χ3n) is 13.6. The van der Waals surface area contributed by atoms with Crippen molar-refractivity contribution in [3.05, 3.63) is 118 Å². The Labute approximate surface area is 372 Å². The molecule has 6 atom stereocenters. The summed E-state index contributed by atoms with van der Waals surface area (Å²) in [4.78, 5) is 34.3. The summed E-state index contributed by atoms with van der Waals surface area (Å²) >= 11 is 0. The van der Waals surface area contributed by atoms with Crippen molar-refractivity contribution in [1.82, 2.24) is 4.90 Å². The number of rotatable bonds is 23. The lowest BCUT2D eigenvalue weighted by atomic mass is 9.55. The molecular weight excluding hydrogens is 799 g/mol. The fraction of sp³-hybridized carbons (Fsp3) is 0.529. The standard InChI is InChI=1S/C51H65N3O9/c1-3-27-53(48(57)26-23-36-15-8-9-16-36)47-34-45(52-61-35-37-17-6-5-7-18-37)43-31-38(19-10-12-28-55)42(22-11-13-29-56)49-44-33-41(62-40-21-14-20-39(32-40)54(58)59)24-25-46(44)63-51(47,50(43)49)60-30-4-2/h4-7,14,17-18,20-21,24-25,31-33,36,38,42,47,49-50,55-56H,2-3,8-13,15-16,19,22-23,26-30,34-35H2,1H3/t38-,42+,47-,49+,50+,51+/m0/s1. The molecule has 1 amide bonds. The number of aliphatic hydroxyl groups is 2. The fourth-order valence-electron chi connectivity index (χ4n) is 10.7. The van der Waals surface area contributed by atoms with Gasteiger partial charge in [-0.3, -0.25) is 14.9 Å². The molecule has 338 valence electrons. The van der Waals surface area contributed by atoms with Crippen molar-refractivity contribution in [1.29, 1.82) is 0 Å². The van der Waals surface area contributed by atoms with Crippen LogP contribution >= 0.6 is 0 Å². The van der Waals surface area contributed by atoms with Crippen LogP contribution < -0.4 is 9.47 Å². The number of unbranched alkanes of at least 4 members (excludes halogenated alkanes) is 2. The first-order chi connectivity index (χ1) is 30.8. The minimum absolute atomic E-state index is 0.0364. The first-order valence-electron chi connectivity index (χ1n) is 23.3. The highest BCUT2D eigenvalue weighted by Crippen LogP contribution is 2.62. The molecule has 0 unspecified atom stereocenters. The zero-order valence-electron chi connectivity index (χ0n) is 36.8. The molecule has 7 rings (SSSR count). The monoisotopic (exact) mass is 863 g/mol. The molecule has 2 saturated carbocycles. The zero-order chi connectivity index (χ0) is 44.2. The number of ether oxygens (including phenoxy) is 3. The Morgan fingerprint density at radius 1 is 0.984 bits per heavy atom. The van der Waals surface area contributed by atoms with Crippen molar-refractivity contribution in [2.45, 2.75) is 121 Å². The Morgan fingerprint density at radius 2 is 1.75 bits per heavy atom. The van der Waals surface area contributed by atoms with E-state index in [1.54, 1.807) is 18.2 Å². The maximum absolute atomic E-state index is 14.8. The number of carbonyl (C=O) groups excluding carboxylic acids is 1. The number of amides is 1. The molecule has 4 aliphatic rings. The average molecular weight is 864 g/mol. The Bertz CT molecular complexity index is 2070. The molecule has 0 spiro atoms. The minimum atomic E-state index is -1.35. The summed E-state index contributed by atoms with van der Waals surface area (Å²) in [5.41, 5.74) is 3.54. The number of oxime groups is 1. The Kier molecular flexibility index (Phi) is 16.1. The maximum atomic E-state index is 14.8. The highest BCUT2D eigenvalue weighted by molar-refractivity contribution is 6.03. The fourth-order valence-corrected chi connectivity index (χ4v) is 10.7. The largest absolute Gasteiger partial charge is 0.459 e. The Hall–Kier alpha value is -5.04. The molecule has 12 heteroatoms. The van der Waals surface area contributed by atoms with Gasteiger partial charge in [-0.05, 0) is 91.7 Å². The van der Waals surface area contributed by atoms with Gasteiger partial charge in [0.05, 0.1) is 29.2 Å². The number of benzene rings is 3. The molecule has 0 bridgehead atoms. The first kappa shape index (κ1) is 46.0. The van der Waals surface area contributed by atoms with Gasteiger partial charge >= 0.3 is 0 Å². The SMILES string of the molecule is C=CCO[C@@]12Oc3ccc(Oc4cccc([N+](=O)[O-])c4)cc3[C@H]3[C@H](CCCCO)[C@@H](CCCCO)C=C(C(=NOCc4ccccc4)C[C@@H]1N(CCC)C(=O)CCC1CCCC1)[C@H]32. The number of hydrogen-bond donors (Lipinski definition) is 2. The van der Waals surface area contributed by atoms with Crippen LogP contribution in [0.2, 0.25) is 0 Å². The van der Waals surface area contributed by atoms with E-state index in [-0.39, 0.29) is 55.8 Å². The van der Waals surface area contributed by atoms with Crippen LogP contribution in [0.3, 0.4) is 0 Å². The lowest BCUT2D eigenvalue weighted by molar-refractivity contribution is -0.384. The number of nitro groups is 1. The summed E-state index contributed by atoms with van der Waals surface area (Å²) in [7, 11) is 0. The van der Waals surface area contributed by atoms with Crippen molar-refractivity contribution in [2.24, 2.45) is 28.8 Å². The van der Waals surface area contributed by atoms with E-state index in [0.717, 1.165) is 73.8 Å². The normalized spacial score (nSPS) is 24.5. The molecule has 3 aromatic rings. The van der Waals surface area contributed by atoms with Crippen LogP contribution in [-0.2, 0) is 21.0 Å². The van der Waals surface area contributed by atoms with Crippen molar-refractivity contribution < 1.29 is 39.0 Å². The van der Waals surface area contributed by atoms with E-state index in [1.807, 2.05) is 53.4 Å². The number of fused-ring (bicyclic) bond motifs is 2. The van der Waals surface area contributed by atoms with Gasteiger partial charge in [-0.15, -0.1) is 6.58 Å². The van der Waals surface area contributed by atoms with Gasteiger partial charge in [0.25, 0.3) is 5.69 Å². The van der Waals surface area contributed by atoms with Gasteiger partial charge in [0, 0.05) is 50.1 Å². The van der Waals surface area contributed by atoms with Crippen molar-refractivity contribution in [3.8, 4) is 17.2 Å². The number of carbonyl (C=O) groups is 1. The summed E-state index contributed by atoms with van der Waals surface area (Å²) in [5, 5.41) is 36.6. The smallest absolute Gasteiger partial charge is 0.273 e. The van der Waals surface area contributed by atoms with E-state index in [2.05, 4.69) is 19.6 Å². The van der Waals surface area contributed by atoms with Gasteiger partial charge in [-0.1, -0.05) is 99.2 Å². The molecule has 3 aromatic carbocycles. The second-order valence-electron chi connectivity index (χ2n) is 17.7. The van der Waals surface area contributed by atoms with E-state index in [4.69, 9.17) is 24.2 Å². The molecule has 1 aliphatic heterocycles. The number of non-ortho nitro benzene ring substituents is 1. The molecule has 0 radical (unpaired) electrons. The van der Waals surface area contributed by atoms with Crippen molar-refractivity contribution >= 4 is 17.3 Å². The zero-order valence-corrected chi connectivity index (χ0v) is 36.8. The highest BCUT2D eigenvalue weighted by atomic mass is 16.7. The number of allylic oxidation sites excluding steroid dienone is 1. The Balaban J connectivity index is 1.40. The van der Waals surface area contributed by atoms with Crippen molar-refractivity contribution in [3.63, 3.8) is 0 Å². The first-order valence-corrected chi connectivity index (χ1v) is 23.3. The average Bonchev–Trinajstić information content (AvgIpc) is 3.83. The van der Waals surface area contributed by atoms with Crippen LogP contribution in [0.4, 0.5) is 5.69 Å². The molecule has 63 heavy (non-hydrogen) atoms. The van der Waals surface area contributed by atoms with Crippen LogP contribution in [0.25, 0.3) is 0 Å². The third kappa shape index (κ3) is 10.7. The van der Waals surface area contributed by atoms with E-state index in [0.29, 0.717) is 55.4 Å². The van der Waals surface area contributed by atoms with Gasteiger partial charge in [-0.2, -0.15) is 0 Å². The predicted octanol–water partition coefficient (Wildman–Crippen LogP) is 10.4. The van der Waals surface area contributed by atoms with E-state index >= 15 is 0 Å². The van der Waals surface area contributed by atoms with E-state index < -0.39 is 22.7 Å². The topological polar surface area (TPSA) is 153 Å². The van der Waals surface area contributed by atoms with Crippen LogP contribution in [0, 0.1) is 33.8 Å². The second kappa shape index (κ2) is 22.0. The lowest BCUT2D eigenvalue weighted by Crippen LogP contribution is -2.70. The van der Waals surface area contributed by atoms with Gasteiger partial charge in [0.2, 0.25) is 11.7 Å². The number of nitro benzene ring substituents is 1. The van der Waals surface area contributed by atoms with Crippen LogP contribution in [0.1, 0.15) is 114 Å². The van der Waals surface area contributed by atoms with E-state index in [9.17, 15) is 25.1 Å². The summed E-state index contributed by atoms with van der Waals surface area (Å²) in [6, 6.07) is 21.2. The molecule has 2 N–H and O–H groups in total. The minimum Gasteiger partial charge on any atom is -0.459 e. The highest BCUT2D eigenvalue weighted by Gasteiger charge is 2.65. The summed E-state index contributed by atoms with van der Waals surface area (Å²) in [5.74, 6) is 0.157. The Morgan fingerprint density at radius 3 is 2.48 bits per heavy atom. The molecule has 1 heterocycles. The number of hydrogen-bond acceptors (Lipinski definition) is 10. The molecule has 3 aliphatic carbocycles. The summed E-state index contributed by atoms with van der Waals surface area (Å²) in [6.45, 7) is 7.30. The van der Waals surface area contributed by atoms with E-state index in [1.165, 1.54) is 25.0 Å². The maximum Gasteiger partial charge on any atom is 0.273 e. The van der Waals surface area contributed by atoms with Gasteiger partial charge < -0.3 is 34.2 Å². The second-order valence-corrected chi connectivity index (χ2v) is 17.7. The molecular formula is C51H65N3O9. The van der Waals surface area contributed by atoms with Gasteiger partial charge in [0.1, 0.15) is 29.9 Å². The number of nitrogens with zero attached hydrogens (tertiary/aromatic N) is 3. The molecule has 0 aromatic heterocycles. The molecule has 2 fully saturated rings. The summed E-state index contributed by atoms with van der Waals surface area (Å²) < 4.78 is 20.9. The van der Waals surface area contributed by atoms with Crippen LogP contribution in [0.15, 0.2) is 102 Å². The van der Waals surface area contributed by atoms with Gasteiger partial charge in [0.15, 0.2) is 0 Å². The van der Waals surface area contributed by atoms with Crippen molar-refractivity contribution in [2.75, 3.05) is 26.4 Å². The molecule has 12 nitrogen and oxygen atoms in total. The quantitative estimate of drug-likeness (QED) is 0.0410. The van der Waals surface area contributed by atoms with Gasteiger partial charge in [-0.25, -0.2) is 0 Å². The lowest BCUT2D eigenvalue weighted by Gasteiger charge is -2.60. The third-order valence-corrected chi connectivity index (χ3v) is 13.6. The predicted molar refractivity (Wildman–Crippen MR) is 243 cm³/mol. The number of aliphatic hydroxyl groups excluding tert-OH is 2. The molecule has 0 saturated heterocycles. The van der Waals surface area contributed by atoms with Crippen LogP contribution in [0.5, 0.6) is 17.2 Å². The summed E-state index contributed by atoms with van der Waals surface area (Å²) in [6.07, 6.45) is 15.7.